The number of carbonyl (C=O) groups is 1. The summed E-state index contributed by atoms with van der Waals surface area (Å²) in [5, 5.41) is 6.57. The third kappa shape index (κ3) is 5.80. The van der Waals surface area contributed by atoms with Crippen LogP contribution in [0.4, 0.5) is 24.5 Å². The number of hydrogen-bond donors (Lipinski definition) is 2. The van der Waals surface area contributed by atoms with Crippen molar-refractivity contribution in [3.63, 3.8) is 0 Å². The first kappa shape index (κ1) is 30.1. The molecule has 0 saturated carbocycles. The number of benzene rings is 2. The number of amides is 1. The van der Waals surface area contributed by atoms with Crippen molar-refractivity contribution in [2.24, 2.45) is 0 Å². The van der Waals surface area contributed by atoms with E-state index < -0.39 is 23.8 Å². The molecule has 2 atom stereocenters. The molecule has 8 nitrogen and oxygen atoms in total. The molecule has 1 fully saturated rings. The van der Waals surface area contributed by atoms with Gasteiger partial charge in [0.25, 0.3) is 0 Å². The highest BCUT2D eigenvalue weighted by molar-refractivity contribution is 7.80. The third-order valence-corrected chi connectivity index (χ3v) is 7.66. The van der Waals surface area contributed by atoms with E-state index in [0.29, 0.717) is 39.3 Å². The fraction of sp³-hybridized carbons (Fsp3) is 0.258. The number of alkyl halides is 3. The lowest BCUT2D eigenvalue weighted by Crippen LogP contribution is -2.29. The number of pyridine rings is 1. The molecule has 0 bridgehead atoms. The number of ether oxygens (including phenoxy) is 2. The van der Waals surface area contributed by atoms with Gasteiger partial charge in [0.15, 0.2) is 5.11 Å². The number of aryl methyl sites for hydroxylation is 1. The minimum absolute atomic E-state index is 0.0401. The summed E-state index contributed by atoms with van der Waals surface area (Å²) >= 11 is 5.85. The van der Waals surface area contributed by atoms with Gasteiger partial charge in [-0.15, -0.1) is 0 Å². The SMILES string of the molecule is COCC(=O)Nc1cc(N2C(=S)N[C@H](c3ccccn3)[C@@H]2c2cc(C)n(-c3ccccc3C(F)(F)F)c2C)ccc1OC. The second-order valence-corrected chi connectivity index (χ2v) is 10.4. The van der Waals surface area contributed by atoms with Gasteiger partial charge in [-0.1, -0.05) is 18.2 Å². The van der Waals surface area contributed by atoms with Crippen molar-refractivity contribution in [2.45, 2.75) is 32.1 Å². The van der Waals surface area contributed by atoms with E-state index in [1.807, 2.05) is 35.2 Å². The van der Waals surface area contributed by atoms with Crippen LogP contribution in [0.1, 0.15) is 40.3 Å². The Morgan fingerprint density at radius 2 is 1.81 bits per heavy atom. The molecule has 1 aliphatic rings. The highest BCUT2D eigenvalue weighted by Crippen LogP contribution is 2.45. The molecule has 2 aromatic heterocycles. The summed E-state index contributed by atoms with van der Waals surface area (Å²) in [5.74, 6) is 0.0703. The fourth-order valence-corrected chi connectivity index (χ4v) is 5.92. The van der Waals surface area contributed by atoms with Crippen molar-refractivity contribution in [3.8, 4) is 11.4 Å². The van der Waals surface area contributed by atoms with Gasteiger partial charge in [-0.05, 0) is 80.2 Å². The molecule has 2 N–H and O–H groups in total. The molecule has 12 heteroatoms. The van der Waals surface area contributed by atoms with Crippen LogP contribution in [0, 0.1) is 13.8 Å². The van der Waals surface area contributed by atoms with E-state index in [1.54, 1.807) is 42.8 Å². The van der Waals surface area contributed by atoms with E-state index in [4.69, 9.17) is 21.7 Å². The second kappa shape index (κ2) is 12.1. The standard InChI is InChI=1S/C31H30F3N5O3S/c1-18-15-21(19(2)38(18)25-11-6-5-9-22(25)31(32,33)34)29-28(23-10-7-8-14-35-23)37-30(43)39(29)20-12-13-26(42-4)24(16-20)36-27(40)17-41-3/h5-16,28-29H,17H2,1-4H3,(H,36,40)(H,37,43)/t28-,29+/m1/s1. The molecule has 1 saturated heterocycles. The molecule has 224 valence electrons. The summed E-state index contributed by atoms with van der Waals surface area (Å²) in [5.41, 5.74) is 3.08. The Kier molecular flexibility index (Phi) is 8.43. The Morgan fingerprint density at radius 3 is 2.49 bits per heavy atom. The normalized spacial score (nSPS) is 16.7. The average molecular weight is 610 g/mol. The smallest absolute Gasteiger partial charge is 0.418 e. The summed E-state index contributed by atoms with van der Waals surface area (Å²) in [7, 11) is 2.92. The Morgan fingerprint density at radius 1 is 1.07 bits per heavy atom. The Hall–Kier alpha value is -4.42. The van der Waals surface area contributed by atoms with Gasteiger partial charge in [-0.2, -0.15) is 13.2 Å². The zero-order valence-corrected chi connectivity index (χ0v) is 24.7. The number of para-hydroxylation sites is 1. The number of hydrogen-bond acceptors (Lipinski definition) is 5. The number of methoxy groups -OCH3 is 2. The Balaban J connectivity index is 1.68. The Bertz CT molecular complexity index is 1660. The van der Waals surface area contributed by atoms with Gasteiger partial charge in [0.2, 0.25) is 5.91 Å². The molecule has 2 aromatic carbocycles. The molecule has 43 heavy (non-hydrogen) atoms. The number of thiocarbonyl (C=S) groups is 1. The van der Waals surface area contributed by atoms with Crippen LogP contribution in [0.2, 0.25) is 0 Å². The second-order valence-electron chi connectivity index (χ2n) is 10.0. The molecule has 0 radical (unpaired) electrons. The Labute approximate surface area is 252 Å². The third-order valence-electron chi connectivity index (χ3n) is 7.35. The molecule has 1 aliphatic heterocycles. The van der Waals surface area contributed by atoms with Gasteiger partial charge in [-0.25, -0.2) is 0 Å². The molecule has 0 unspecified atom stereocenters. The van der Waals surface area contributed by atoms with Gasteiger partial charge in [0.1, 0.15) is 12.4 Å². The topological polar surface area (TPSA) is 80.7 Å². The summed E-state index contributed by atoms with van der Waals surface area (Å²) in [6, 6.07) is 17.3. The highest BCUT2D eigenvalue weighted by Gasteiger charge is 2.43. The van der Waals surface area contributed by atoms with Crippen molar-refractivity contribution in [1.29, 1.82) is 0 Å². The average Bonchev–Trinajstić information content (AvgIpc) is 3.47. The summed E-state index contributed by atoms with van der Waals surface area (Å²) in [4.78, 5) is 18.8. The van der Waals surface area contributed by atoms with E-state index in [0.717, 1.165) is 11.6 Å². The minimum Gasteiger partial charge on any atom is -0.495 e. The van der Waals surface area contributed by atoms with Crippen LogP contribution in [0.3, 0.4) is 0 Å². The van der Waals surface area contributed by atoms with Crippen LogP contribution in [0.5, 0.6) is 5.75 Å². The molecule has 1 amide bonds. The number of nitrogens with zero attached hydrogens (tertiary/aromatic N) is 3. The van der Waals surface area contributed by atoms with Crippen molar-refractivity contribution in [3.05, 3.63) is 101 Å². The first-order valence-corrected chi connectivity index (χ1v) is 13.8. The molecule has 0 spiro atoms. The van der Waals surface area contributed by atoms with Crippen molar-refractivity contribution >= 4 is 34.6 Å². The molecule has 0 aliphatic carbocycles. The van der Waals surface area contributed by atoms with Gasteiger partial charge < -0.3 is 29.6 Å². The number of carbonyl (C=O) groups excluding carboxylic acids is 1. The number of rotatable bonds is 8. The summed E-state index contributed by atoms with van der Waals surface area (Å²) < 4.78 is 54.2. The molecule has 5 rings (SSSR count). The summed E-state index contributed by atoms with van der Waals surface area (Å²) in [6.45, 7) is 3.43. The van der Waals surface area contributed by atoms with Crippen LogP contribution >= 0.6 is 12.2 Å². The van der Waals surface area contributed by atoms with E-state index in [2.05, 4.69) is 15.6 Å². The molecular formula is C31H30F3N5O3S. The van der Waals surface area contributed by atoms with Crippen LogP contribution in [-0.4, -0.2) is 41.4 Å². The van der Waals surface area contributed by atoms with Gasteiger partial charge >= 0.3 is 6.18 Å². The number of aromatic nitrogens is 2. The maximum atomic E-state index is 14.1. The lowest BCUT2D eigenvalue weighted by Gasteiger charge is -2.29. The lowest BCUT2D eigenvalue weighted by atomic mass is 9.96. The van der Waals surface area contributed by atoms with Crippen LogP contribution in [-0.2, 0) is 15.7 Å². The highest BCUT2D eigenvalue weighted by atomic mass is 32.1. The first-order valence-electron chi connectivity index (χ1n) is 13.4. The van der Waals surface area contributed by atoms with Crippen molar-refractivity contribution < 1.29 is 27.4 Å². The van der Waals surface area contributed by atoms with Crippen molar-refractivity contribution in [1.82, 2.24) is 14.9 Å². The number of anilines is 2. The predicted octanol–water partition coefficient (Wildman–Crippen LogP) is 6.28. The van der Waals surface area contributed by atoms with E-state index in [1.165, 1.54) is 26.4 Å². The molecule has 4 aromatic rings. The first-order chi connectivity index (χ1) is 20.5. The van der Waals surface area contributed by atoms with Crippen LogP contribution in [0.15, 0.2) is 72.9 Å². The van der Waals surface area contributed by atoms with Gasteiger partial charge in [0, 0.05) is 30.4 Å². The van der Waals surface area contributed by atoms with Crippen molar-refractivity contribution in [2.75, 3.05) is 31.0 Å². The predicted molar refractivity (Wildman–Crippen MR) is 162 cm³/mol. The molecule has 3 heterocycles. The van der Waals surface area contributed by atoms with Gasteiger partial charge in [-0.3, -0.25) is 9.78 Å². The van der Waals surface area contributed by atoms with E-state index in [9.17, 15) is 18.0 Å². The monoisotopic (exact) mass is 609 g/mol. The zero-order valence-electron chi connectivity index (χ0n) is 23.9. The summed E-state index contributed by atoms with van der Waals surface area (Å²) in [6.07, 6.45) is -2.86. The molecular weight excluding hydrogens is 579 g/mol. The minimum atomic E-state index is -4.54. The quantitative estimate of drug-likeness (QED) is 0.228. The maximum absolute atomic E-state index is 14.1. The largest absolute Gasteiger partial charge is 0.495 e. The van der Waals surface area contributed by atoms with Crippen LogP contribution in [0.25, 0.3) is 5.69 Å². The van der Waals surface area contributed by atoms with E-state index in [-0.39, 0.29) is 18.2 Å². The fourth-order valence-electron chi connectivity index (χ4n) is 5.58. The van der Waals surface area contributed by atoms with E-state index >= 15 is 0 Å². The number of nitrogens with one attached hydrogen (secondary N) is 2. The van der Waals surface area contributed by atoms with Gasteiger partial charge in [0.05, 0.1) is 41.8 Å². The zero-order chi connectivity index (χ0) is 30.9. The lowest BCUT2D eigenvalue weighted by molar-refractivity contribution is -0.137. The number of halogens is 3. The maximum Gasteiger partial charge on any atom is 0.418 e. The van der Waals surface area contributed by atoms with Crippen LogP contribution < -0.4 is 20.3 Å².